The molecule has 0 saturated heterocycles. The third-order valence-electron chi connectivity index (χ3n) is 4.87. The number of ether oxygens (including phenoxy) is 1. The van der Waals surface area contributed by atoms with E-state index in [0.717, 1.165) is 35.4 Å². The van der Waals surface area contributed by atoms with Gasteiger partial charge in [-0.3, -0.25) is 9.79 Å². The molecule has 2 aromatic rings. The molecular weight excluding hydrogens is 360 g/mol. The number of rotatable bonds is 3. The Morgan fingerprint density at radius 1 is 1.41 bits per heavy atom. The van der Waals surface area contributed by atoms with Crippen molar-refractivity contribution in [1.82, 2.24) is 4.68 Å². The first-order valence-corrected chi connectivity index (χ1v) is 10.4. The summed E-state index contributed by atoms with van der Waals surface area (Å²) in [6.07, 6.45) is 4.56. The van der Waals surface area contributed by atoms with E-state index in [0.29, 0.717) is 17.4 Å². The lowest BCUT2D eigenvalue weighted by Crippen LogP contribution is -2.25. The molecule has 1 aliphatic carbocycles. The monoisotopic (exact) mass is 384 g/mol. The van der Waals surface area contributed by atoms with E-state index < -0.39 is 0 Å². The molecule has 142 valence electrons. The van der Waals surface area contributed by atoms with Gasteiger partial charge in [0.15, 0.2) is 6.61 Å². The first kappa shape index (κ1) is 18.0. The van der Waals surface area contributed by atoms with Crippen molar-refractivity contribution in [3.8, 4) is 17.0 Å². The number of amides is 1. The van der Waals surface area contributed by atoms with Gasteiger partial charge in [-0.15, -0.1) is 11.3 Å². The molecule has 2 heterocycles. The van der Waals surface area contributed by atoms with Gasteiger partial charge in [-0.05, 0) is 56.7 Å². The van der Waals surface area contributed by atoms with Crippen molar-refractivity contribution in [2.75, 3.05) is 18.5 Å². The Bertz CT molecular complexity index is 957. The molecule has 1 aromatic heterocycles. The quantitative estimate of drug-likeness (QED) is 0.872. The van der Waals surface area contributed by atoms with Gasteiger partial charge >= 0.3 is 0 Å². The second kappa shape index (κ2) is 7.68. The fourth-order valence-corrected chi connectivity index (χ4v) is 4.47. The van der Waals surface area contributed by atoms with Crippen molar-refractivity contribution in [2.24, 2.45) is 16.0 Å². The number of carbonyl (C=O) groups excluding carboxylic acids is 1. The first-order valence-electron chi connectivity index (χ1n) is 9.49. The van der Waals surface area contributed by atoms with E-state index in [9.17, 15) is 4.79 Å². The van der Waals surface area contributed by atoms with Crippen LogP contribution in [0.15, 0.2) is 33.7 Å². The third kappa shape index (κ3) is 3.83. The number of thiazole rings is 1. The average Bonchev–Trinajstić information content (AvgIpc) is 3.04. The standard InChI is InChI=1S/C20H24N4O2S/c1-3-21-20-24(23-15-6-4-5-13(2)9-15)17(12-27-20)14-7-8-18-16(10-14)22-19(25)11-26-18/h7-8,10,12-13H,3-6,9,11H2,1-2H3,(H,22,25). The van der Waals surface area contributed by atoms with E-state index in [1.807, 2.05) is 29.8 Å². The van der Waals surface area contributed by atoms with Crippen LogP contribution in [0.5, 0.6) is 5.75 Å². The van der Waals surface area contributed by atoms with Crippen LogP contribution in [-0.4, -0.2) is 29.4 Å². The van der Waals surface area contributed by atoms with Crippen LogP contribution in [0.25, 0.3) is 11.3 Å². The summed E-state index contributed by atoms with van der Waals surface area (Å²) in [5.41, 5.74) is 3.91. The Morgan fingerprint density at radius 2 is 2.30 bits per heavy atom. The van der Waals surface area contributed by atoms with Crippen LogP contribution in [-0.2, 0) is 4.79 Å². The second-order valence-corrected chi connectivity index (χ2v) is 7.94. The van der Waals surface area contributed by atoms with Crippen LogP contribution < -0.4 is 14.9 Å². The molecule has 0 radical (unpaired) electrons. The smallest absolute Gasteiger partial charge is 0.262 e. The molecule has 0 bridgehead atoms. The van der Waals surface area contributed by atoms with Crippen LogP contribution in [0, 0.1) is 5.92 Å². The van der Waals surface area contributed by atoms with Crippen molar-refractivity contribution < 1.29 is 9.53 Å². The number of hydrogen-bond donors (Lipinski definition) is 1. The highest BCUT2D eigenvalue weighted by molar-refractivity contribution is 7.07. The van der Waals surface area contributed by atoms with Crippen molar-refractivity contribution in [3.05, 3.63) is 28.4 Å². The highest BCUT2D eigenvalue weighted by Crippen LogP contribution is 2.33. The van der Waals surface area contributed by atoms with Crippen molar-refractivity contribution >= 4 is 28.6 Å². The molecule has 1 atom stereocenters. The predicted octanol–water partition coefficient (Wildman–Crippen LogP) is 3.88. The predicted molar refractivity (Wildman–Crippen MR) is 108 cm³/mol. The van der Waals surface area contributed by atoms with Crippen molar-refractivity contribution in [3.63, 3.8) is 0 Å². The summed E-state index contributed by atoms with van der Waals surface area (Å²) in [5.74, 6) is 1.25. The summed E-state index contributed by atoms with van der Waals surface area (Å²) in [4.78, 5) is 17.2. The highest BCUT2D eigenvalue weighted by atomic mass is 32.1. The van der Waals surface area contributed by atoms with Gasteiger partial charge in [0.25, 0.3) is 5.91 Å². The Morgan fingerprint density at radius 3 is 3.11 bits per heavy atom. The summed E-state index contributed by atoms with van der Waals surface area (Å²) < 4.78 is 7.44. The van der Waals surface area contributed by atoms with E-state index in [1.54, 1.807) is 11.3 Å². The number of nitrogens with zero attached hydrogens (tertiary/aromatic N) is 3. The number of nitrogens with one attached hydrogen (secondary N) is 1. The first-order chi connectivity index (χ1) is 13.1. The lowest BCUT2D eigenvalue weighted by Gasteiger charge is -2.20. The minimum Gasteiger partial charge on any atom is -0.482 e. The minimum absolute atomic E-state index is 0.0656. The number of carbonyl (C=O) groups is 1. The lowest BCUT2D eigenvalue weighted by atomic mass is 9.89. The van der Waals surface area contributed by atoms with Gasteiger partial charge in [0, 0.05) is 23.2 Å². The molecule has 1 N–H and O–H groups in total. The van der Waals surface area contributed by atoms with E-state index >= 15 is 0 Å². The maximum atomic E-state index is 11.6. The average molecular weight is 385 g/mol. The molecule has 27 heavy (non-hydrogen) atoms. The van der Waals surface area contributed by atoms with Gasteiger partial charge in [-0.1, -0.05) is 6.92 Å². The largest absolute Gasteiger partial charge is 0.482 e. The normalized spacial score (nSPS) is 21.7. The Hall–Kier alpha value is -2.41. The topological polar surface area (TPSA) is 68.0 Å². The fourth-order valence-electron chi connectivity index (χ4n) is 3.57. The summed E-state index contributed by atoms with van der Waals surface area (Å²) in [7, 11) is 0. The number of benzene rings is 1. The zero-order valence-corrected chi connectivity index (χ0v) is 16.5. The zero-order valence-electron chi connectivity index (χ0n) is 15.7. The van der Waals surface area contributed by atoms with Gasteiger partial charge < -0.3 is 10.1 Å². The molecule has 1 unspecified atom stereocenters. The van der Waals surface area contributed by atoms with Gasteiger partial charge in [-0.2, -0.15) is 5.10 Å². The van der Waals surface area contributed by atoms with Crippen molar-refractivity contribution in [1.29, 1.82) is 0 Å². The molecule has 1 saturated carbocycles. The van der Waals surface area contributed by atoms with Crippen LogP contribution in [0.1, 0.15) is 39.5 Å². The van der Waals surface area contributed by atoms with Crippen LogP contribution in [0.3, 0.4) is 0 Å². The molecule has 6 nitrogen and oxygen atoms in total. The Balaban J connectivity index is 1.78. The van der Waals surface area contributed by atoms with Gasteiger partial charge in [0.2, 0.25) is 4.80 Å². The van der Waals surface area contributed by atoms with E-state index in [4.69, 9.17) is 9.84 Å². The number of aromatic nitrogens is 1. The Labute approximate surface area is 162 Å². The summed E-state index contributed by atoms with van der Waals surface area (Å²) in [6, 6.07) is 5.86. The highest BCUT2D eigenvalue weighted by Gasteiger charge is 2.19. The molecular formula is C20H24N4O2S. The molecule has 1 fully saturated rings. The van der Waals surface area contributed by atoms with Crippen LogP contribution >= 0.6 is 11.3 Å². The van der Waals surface area contributed by atoms with Gasteiger partial charge in [0.1, 0.15) is 5.75 Å². The van der Waals surface area contributed by atoms with Crippen LogP contribution in [0.2, 0.25) is 0 Å². The molecule has 1 amide bonds. The Kier molecular flexibility index (Phi) is 5.11. The molecule has 1 aromatic carbocycles. The molecule has 1 aliphatic heterocycles. The second-order valence-electron chi connectivity index (χ2n) is 7.11. The SMILES string of the molecule is CCN=c1scc(-c2ccc3c(c2)NC(=O)CO3)n1N=C1CCCC(C)C1. The number of anilines is 1. The van der Waals surface area contributed by atoms with Gasteiger partial charge in [0.05, 0.1) is 11.4 Å². The number of fused-ring (bicyclic) bond motifs is 1. The number of hydrogen-bond acceptors (Lipinski definition) is 5. The van der Waals surface area contributed by atoms with E-state index in [2.05, 4.69) is 22.6 Å². The van der Waals surface area contributed by atoms with Crippen molar-refractivity contribution in [2.45, 2.75) is 39.5 Å². The van der Waals surface area contributed by atoms with Gasteiger partial charge in [-0.25, -0.2) is 4.68 Å². The molecule has 7 heteroatoms. The van der Waals surface area contributed by atoms with Crippen LogP contribution in [0.4, 0.5) is 5.69 Å². The summed E-state index contributed by atoms with van der Waals surface area (Å²) in [5, 5.41) is 9.94. The maximum absolute atomic E-state index is 11.6. The third-order valence-corrected chi connectivity index (χ3v) is 5.73. The molecule has 4 rings (SSSR count). The maximum Gasteiger partial charge on any atom is 0.262 e. The lowest BCUT2D eigenvalue weighted by molar-refractivity contribution is -0.118. The molecule has 2 aliphatic rings. The van der Waals surface area contributed by atoms with E-state index in [-0.39, 0.29) is 12.5 Å². The summed E-state index contributed by atoms with van der Waals surface area (Å²) in [6.45, 7) is 5.11. The van der Waals surface area contributed by atoms with E-state index in [1.165, 1.54) is 18.6 Å². The zero-order chi connectivity index (χ0) is 18.8. The molecule has 0 spiro atoms. The minimum atomic E-state index is -0.129. The fraction of sp³-hybridized carbons (Fsp3) is 0.450. The summed E-state index contributed by atoms with van der Waals surface area (Å²) >= 11 is 1.59.